The zero-order valence-electron chi connectivity index (χ0n) is 9.01. The van der Waals surface area contributed by atoms with Gasteiger partial charge in [-0.05, 0) is 0 Å². The minimum absolute atomic E-state index is 0.349. The molecule has 3 N–H and O–H groups in total. The molecule has 0 atom stereocenters. The standard InChI is InChI=1S/C9H12N6O/c1-15-4-6(3-13-15)14-8-7(10)9(16-2)12-5-11-8/h3-5H,10H2,1-2H3,(H,11,12,14). The quantitative estimate of drug-likeness (QED) is 0.784. The predicted octanol–water partition coefficient (Wildman–Crippen LogP) is 0.544. The highest BCUT2D eigenvalue weighted by Crippen LogP contribution is 2.26. The smallest absolute Gasteiger partial charge is 0.242 e. The third kappa shape index (κ3) is 1.88. The Bertz CT molecular complexity index is 494. The molecule has 0 aliphatic rings. The van der Waals surface area contributed by atoms with Crippen LogP contribution in [-0.2, 0) is 7.05 Å². The molecular weight excluding hydrogens is 208 g/mol. The number of nitrogens with zero attached hydrogens (tertiary/aromatic N) is 4. The van der Waals surface area contributed by atoms with Gasteiger partial charge in [-0.25, -0.2) is 4.98 Å². The van der Waals surface area contributed by atoms with Gasteiger partial charge >= 0.3 is 0 Å². The van der Waals surface area contributed by atoms with Crippen molar-refractivity contribution in [2.75, 3.05) is 18.2 Å². The SMILES string of the molecule is COc1ncnc(Nc2cnn(C)c2)c1N. The molecule has 0 saturated heterocycles. The van der Waals surface area contributed by atoms with Crippen LogP contribution < -0.4 is 15.8 Å². The molecule has 0 aromatic carbocycles. The normalized spacial score (nSPS) is 10.1. The van der Waals surface area contributed by atoms with Crippen molar-refractivity contribution < 1.29 is 4.74 Å². The summed E-state index contributed by atoms with van der Waals surface area (Å²) in [6.07, 6.45) is 4.87. The first-order chi connectivity index (χ1) is 7.70. The lowest BCUT2D eigenvalue weighted by atomic mass is 10.4. The number of hydrogen-bond acceptors (Lipinski definition) is 6. The van der Waals surface area contributed by atoms with Gasteiger partial charge in [-0.2, -0.15) is 10.1 Å². The second-order valence-electron chi connectivity index (χ2n) is 3.17. The van der Waals surface area contributed by atoms with Crippen LogP contribution in [0.15, 0.2) is 18.7 Å². The van der Waals surface area contributed by atoms with Gasteiger partial charge in [0.25, 0.3) is 0 Å². The molecule has 0 saturated carbocycles. The summed E-state index contributed by atoms with van der Waals surface area (Å²) in [5, 5.41) is 7.05. The van der Waals surface area contributed by atoms with E-state index in [0.29, 0.717) is 17.4 Å². The van der Waals surface area contributed by atoms with Crippen LogP contribution in [0.5, 0.6) is 5.88 Å². The van der Waals surface area contributed by atoms with Crippen LogP contribution in [0.1, 0.15) is 0 Å². The molecule has 0 spiro atoms. The fraction of sp³-hybridized carbons (Fsp3) is 0.222. The van der Waals surface area contributed by atoms with E-state index < -0.39 is 0 Å². The van der Waals surface area contributed by atoms with Gasteiger partial charge in [0.05, 0.1) is 19.0 Å². The molecule has 7 heteroatoms. The van der Waals surface area contributed by atoms with Gasteiger partial charge in [-0.15, -0.1) is 0 Å². The predicted molar refractivity (Wildman–Crippen MR) is 59.5 cm³/mol. The Balaban J connectivity index is 2.28. The molecule has 2 aromatic rings. The van der Waals surface area contributed by atoms with Gasteiger partial charge in [0.15, 0.2) is 5.82 Å². The molecule has 16 heavy (non-hydrogen) atoms. The number of ether oxygens (including phenoxy) is 1. The summed E-state index contributed by atoms with van der Waals surface area (Å²) in [6, 6.07) is 0. The van der Waals surface area contributed by atoms with E-state index in [0.717, 1.165) is 5.69 Å². The minimum atomic E-state index is 0.349. The average molecular weight is 220 g/mol. The fourth-order valence-corrected chi connectivity index (χ4v) is 1.26. The molecule has 2 heterocycles. The maximum absolute atomic E-state index is 5.81. The Morgan fingerprint density at radius 1 is 1.44 bits per heavy atom. The molecule has 0 bridgehead atoms. The maximum atomic E-state index is 5.81. The van der Waals surface area contributed by atoms with Crippen molar-refractivity contribution in [1.82, 2.24) is 19.7 Å². The number of rotatable bonds is 3. The van der Waals surface area contributed by atoms with Gasteiger partial charge in [0.1, 0.15) is 12.0 Å². The molecule has 0 amide bonds. The number of nitrogens with two attached hydrogens (primary N) is 1. The highest BCUT2D eigenvalue weighted by molar-refractivity contribution is 5.71. The highest BCUT2D eigenvalue weighted by atomic mass is 16.5. The Morgan fingerprint density at radius 3 is 2.88 bits per heavy atom. The van der Waals surface area contributed by atoms with Crippen molar-refractivity contribution in [2.45, 2.75) is 0 Å². The van der Waals surface area contributed by atoms with E-state index >= 15 is 0 Å². The van der Waals surface area contributed by atoms with Gasteiger partial charge < -0.3 is 15.8 Å². The second kappa shape index (κ2) is 4.05. The topological polar surface area (TPSA) is 90.9 Å². The Hall–Kier alpha value is -2.31. The number of anilines is 3. The third-order valence-electron chi connectivity index (χ3n) is 2.01. The van der Waals surface area contributed by atoms with Crippen LogP contribution in [0.25, 0.3) is 0 Å². The van der Waals surface area contributed by atoms with E-state index in [1.54, 1.807) is 10.9 Å². The van der Waals surface area contributed by atoms with Crippen molar-refractivity contribution in [1.29, 1.82) is 0 Å². The number of aromatic nitrogens is 4. The largest absolute Gasteiger partial charge is 0.479 e. The van der Waals surface area contributed by atoms with E-state index in [-0.39, 0.29) is 0 Å². The number of hydrogen-bond donors (Lipinski definition) is 2. The van der Waals surface area contributed by atoms with E-state index in [1.165, 1.54) is 13.4 Å². The monoisotopic (exact) mass is 220 g/mol. The van der Waals surface area contributed by atoms with Gasteiger partial charge in [0, 0.05) is 13.2 Å². The van der Waals surface area contributed by atoms with E-state index in [2.05, 4.69) is 20.4 Å². The lowest BCUT2D eigenvalue weighted by Gasteiger charge is -2.08. The molecule has 0 aliphatic heterocycles. The highest BCUT2D eigenvalue weighted by Gasteiger charge is 2.08. The molecule has 7 nitrogen and oxygen atoms in total. The summed E-state index contributed by atoms with van der Waals surface area (Å²) >= 11 is 0. The van der Waals surface area contributed by atoms with Gasteiger partial charge in [0.2, 0.25) is 5.88 Å². The molecule has 0 aliphatic carbocycles. The van der Waals surface area contributed by atoms with Crippen LogP contribution in [0, 0.1) is 0 Å². The van der Waals surface area contributed by atoms with Crippen LogP contribution >= 0.6 is 0 Å². The lowest BCUT2D eigenvalue weighted by molar-refractivity contribution is 0.399. The zero-order chi connectivity index (χ0) is 11.5. The number of nitrogen functional groups attached to an aromatic ring is 1. The summed E-state index contributed by atoms with van der Waals surface area (Å²) in [7, 11) is 3.33. The Kier molecular flexibility index (Phi) is 2.59. The molecule has 2 aromatic heterocycles. The van der Waals surface area contributed by atoms with Crippen molar-refractivity contribution in [2.24, 2.45) is 7.05 Å². The van der Waals surface area contributed by atoms with Crippen molar-refractivity contribution in [3.05, 3.63) is 18.7 Å². The summed E-state index contributed by atoms with van der Waals surface area (Å²) in [6.45, 7) is 0. The summed E-state index contributed by atoms with van der Waals surface area (Å²) in [4.78, 5) is 7.91. The molecule has 2 rings (SSSR count). The molecular formula is C9H12N6O. The maximum Gasteiger partial charge on any atom is 0.242 e. The summed E-state index contributed by atoms with van der Waals surface area (Å²) in [5.41, 5.74) is 6.98. The number of aryl methyl sites for hydroxylation is 1. The van der Waals surface area contributed by atoms with E-state index in [4.69, 9.17) is 10.5 Å². The fourth-order valence-electron chi connectivity index (χ4n) is 1.26. The van der Waals surface area contributed by atoms with E-state index in [9.17, 15) is 0 Å². The van der Waals surface area contributed by atoms with Crippen LogP contribution in [0.4, 0.5) is 17.2 Å². The minimum Gasteiger partial charge on any atom is -0.479 e. The first-order valence-corrected chi connectivity index (χ1v) is 4.61. The first-order valence-electron chi connectivity index (χ1n) is 4.61. The molecule has 0 unspecified atom stereocenters. The van der Waals surface area contributed by atoms with Gasteiger partial charge in [-0.3, -0.25) is 4.68 Å². The molecule has 0 radical (unpaired) electrons. The van der Waals surface area contributed by atoms with Crippen LogP contribution in [-0.4, -0.2) is 26.9 Å². The first kappa shape index (κ1) is 10.2. The zero-order valence-corrected chi connectivity index (χ0v) is 9.01. The number of nitrogens with one attached hydrogen (secondary N) is 1. The lowest BCUT2D eigenvalue weighted by Crippen LogP contribution is -2.02. The van der Waals surface area contributed by atoms with Crippen molar-refractivity contribution in [3.63, 3.8) is 0 Å². The Morgan fingerprint density at radius 2 is 2.25 bits per heavy atom. The van der Waals surface area contributed by atoms with Gasteiger partial charge in [-0.1, -0.05) is 0 Å². The molecule has 0 fully saturated rings. The molecule has 84 valence electrons. The van der Waals surface area contributed by atoms with E-state index in [1.807, 2.05) is 13.2 Å². The average Bonchev–Trinajstić information content (AvgIpc) is 2.67. The summed E-state index contributed by atoms with van der Waals surface area (Å²) < 4.78 is 6.67. The number of methoxy groups -OCH3 is 1. The van der Waals surface area contributed by atoms with Crippen molar-refractivity contribution >= 4 is 17.2 Å². The third-order valence-corrected chi connectivity index (χ3v) is 2.01. The van der Waals surface area contributed by atoms with Crippen LogP contribution in [0.3, 0.4) is 0 Å². The second-order valence-corrected chi connectivity index (χ2v) is 3.17. The van der Waals surface area contributed by atoms with Crippen LogP contribution in [0.2, 0.25) is 0 Å². The summed E-state index contributed by atoms with van der Waals surface area (Å²) in [5.74, 6) is 0.848. The van der Waals surface area contributed by atoms with Crippen molar-refractivity contribution in [3.8, 4) is 5.88 Å². The Labute approximate surface area is 92.3 Å².